The van der Waals surface area contributed by atoms with Crippen LogP contribution in [0.5, 0.6) is 5.75 Å². The van der Waals surface area contributed by atoms with Crippen molar-refractivity contribution < 1.29 is 9.26 Å². The van der Waals surface area contributed by atoms with Crippen LogP contribution in [0.2, 0.25) is 0 Å². The number of benzene rings is 1. The third-order valence-corrected chi connectivity index (χ3v) is 3.15. The topological polar surface area (TPSA) is 74.2 Å². The molecule has 2 aromatic rings. The van der Waals surface area contributed by atoms with E-state index in [9.17, 15) is 0 Å². The van der Waals surface area contributed by atoms with Gasteiger partial charge in [-0.1, -0.05) is 24.2 Å². The lowest BCUT2D eigenvalue weighted by molar-refractivity contribution is 0.340. The number of nitrogens with two attached hydrogens (primary N) is 1. The van der Waals surface area contributed by atoms with Gasteiger partial charge in [-0.15, -0.1) is 0 Å². The van der Waals surface area contributed by atoms with Crippen LogP contribution in [-0.4, -0.2) is 23.3 Å². The van der Waals surface area contributed by atoms with Gasteiger partial charge in [0.15, 0.2) is 0 Å². The molecule has 0 bridgehead atoms. The van der Waals surface area contributed by atoms with E-state index in [2.05, 4.69) is 17.1 Å². The maximum atomic E-state index is 5.60. The molecule has 2 rings (SSSR count). The predicted octanol–water partition coefficient (Wildman–Crippen LogP) is 2.66. The van der Waals surface area contributed by atoms with Gasteiger partial charge in [0.25, 0.3) is 0 Å². The first-order valence-corrected chi connectivity index (χ1v) is 6.99. The zero-order valence-corrected chi connectivity index (χ0v) is 12.0. The minimum atomic E-state index is 0.459. The number of nitrogens with zero attached hydrogens (tertiary/aromatic N) is 2. The van der Waals surface area contributed by atoms with Crippen molar-refractivity contribution in [3.05, 3.63) is 30.2 Å². The van der Waals surface area contributed by atoms with Crippen molar-refractivity contribution >= 4 is 0 Å². The lowest BCUT2D eigenvalue weighted by Crippen LogP contribution is -2.11. The maximum absolute atomic E-state index is 5.60. The largest absolute Gasteiger partial charge is 0.493 e. The van der Waals surface area contributed by atoms with Crippen LogP contribution in [0.3, 0.4) is 0 Å². The Labute approximate surface area is 119 Å². The molecule has 0 spiro atoms. The quantitative estimate of drug-likeness (QED) is 0.840. The molecule has 1 aromatic heterocycles. The fourth-order valence-corrected chi connectivity index (χ4v) is 1.89. The summed E-state index contributed by atoms with van der Waals surface area (Å²) < 4.78 is 10.9. The van der Waals surface area contributed by atoms with Crippen molar-refractivity contribution in [3.63, 3.8) is 0 Å². The van der Waals surface area contributed by atoms with Gasteiger partial charge >= 0.3 is 0 Å². The summed E-state index contributed by atoms with van der Waals surface area (Å²) >= 11 is 0. The third-order valence-electron chi connectivity index (χ3n) is 3.15. The Kier molecular flexibility index (Phi) is 5.12. The summed E-state index contributed by atoms with van der Waals surface area (Å²) in [6.07, 6.45) is 1.70. The van der Waals surface area contributed by atoms with Gasteiger partial charge in [-0.3, -0.25) is 0 Å². The Morgan fingerprint density at radius 2 is 2.15 bits per heavy atom. The zero-order valence-electron chi connectivity index (χ0n) is 12.0. The molecule has 0 aliphatic heterocycles. The van der Waals surface area contributed by atoms with Crippen molar-refractivity contribution in [1.82, 2.24) is 10.1 Å². The van der Waals surface area contributed by atoms with Crippen molar-refractivity contribution in [1.29, 1.82) is 0 Å². The summed E-state index contributed by atoms with van der Waals surface area (Å²) in [7, 11) is 0. The molecule has 1 atom stereocenters. The van der Waals surface area contributed by atoms with E-state index in [4.69, 9.17) is 15.0 Å². The average Bonchev–Trinajstić information content (AvgIpc) is 2.94. The average molecular weight is 275 g/mol. The van der Waals surface area contributed by atoms with Crippen molar-refractivity contribution in [2.75, 3.05) is 13.2 Å². The number of aromatic nitrogens is 2. The lowest BCUT2D eigenvalue weighted by Gasteiger charge is -2.06. The van der Waals surface area contributed by atoms with Crippen LogP contribution in [0.1, 0.15) is 26.2 Å². The molecule has 0 radical (unpaired) electrons. The van der Waals surface area contributed by atoms with Crippen LogP contribution in [0, 0.1) is 5.92 Å². The smallest absolute Gasteiger partial charge is 0.226 e. The molecule has 0 amide bonds. The highest BCUT2D eigenvalue weighted by Gasteiger charge is 2.13. The highest BCUT2D eigenvalue weighted by Crippen LogP contribution is 2.27. The van der Waals surface area contributed by atoms with Crippen LogP contribution >= 0.6 is 0 Å². The number of para-hydroxylation sites is 1. The molecule has 20 heavy (non-hydrogen) atoms. The molecule has 0 saturated heterocycles. The highest BCUT2D eigenvalue weighted by molar-refractivity contribution is 5.63. The van der Waals surface area contributed by atoms with Gasteiger partial charge in [-0.05, 0) is 37.9 Å². The van der Waals surface area contributed by atoms with E-state index in [-0.39, 0.29) is 0 Å². The SMILES string of the molecule is CCOc1ccccc1-c1noc(CCC(C)CN)n1. The fraction of sp³-hybridized carbons (Fsp3) is 0.467. The number of rotatable bonds is 7. The molecule has 0 aliphatic rings. The van der Waals surface area contributed by atoms with Gasteiger partial charge in [0.05, 0.1) is 12.2 Å². The Bertz CT molecular complexity index is 539. The second kappa shape index (κ2) is 7.05. The standard InChI is InChI=1S/C15H21N3O2/c1-3-19-13-7-5-4-6-12(13)15-17-14(20-18-15)9-8-11(2)10-16/h4-7,11H,3,8-10,16H2,1-2H3. The molecule has 5 nitrogen and oxygen atoms in total. The van der Waals surface area contributed by atoms with Crippen LogP contribution < -0.4 is 10.5 Å². The van der Waals surface area contributed by atoms with Gasteiger partial charge in [0, 0.05) is 6.42 Å². The summed E-state index contributed by atoms with van der Waals surface area (Å²) in [5.74, 6) is 2.45. The second-order valence-corrected chi connectivity index (χ2v) is 4.82. The first-order valence-electron chi connectivity index (χ1n) is 6.99. The zero-order chi connectivity index (χ0) is 14.4. The number of hydrogen-bond acceptors (Lipinski definition) is 5. The molecular formula is C15H21N3O2. The first kappa shape index (κ1) is 14.5. The monoisotopic (exact) mass is 275 g/mol. The molecule has 2 N–H and O–H groups in total. The van der Waals surface area contributed by atoms with E-state index in [1.54, 1.807) is 0 Å². The normalized spacial score (nSPS) is 12.3. The second-order valence-electron chi connectivity index (χ2n) is 4.82. The van der Waals surface area contributed by atoms with E-state index >= 15 is 0 Å². The minimum Gasteiger partial charge on any atom is -0.493 e. The number of aryl methyl sites for hydroxylation is 1. The lowest BCUT2D eigenvalue weighted by atomic mass is 10.1. The Hall–Kier alpha value is -1.88. The first-order chi connectivity index (χ1) is 9.74. The van der Waals surface area contributed by atoms with E-state index in [1.165, 1.54) is 0 Å². The van der Waals surface area contributed by atoms with Crippen molar-refractivity contribution in [3.8, 4) is 17.1 Å². The number of ether oxygens (including phenoxy) is 1. The minimum absolute atomic E-state index is 0.459. The van der Waals surface area contributed by atoms with E-state index in [1.807, 2.05) is 31.2 Å². The summed E-state index contributed by atoms with van der Waals surface area (Å²) in [6.45, 7) is 5.35. The summed E-state index contributed by atoms with van der Waals surface area (Å²) in [4.78, 5) is 4.43. The van der Waals surface area contributed by atoms with Crippen molar-refractivity contribution in [2.24, 2.45) is 11.7 Å². The molecule has 0 aliphatic carbocycles. The molecule has 0 fully saturated rings. The summed E-state index contributed by atoms with van der Waals surface area (Å²) in [5.41, 5.74) is 6.46. The third kappa shape index (κ3) is 3.57. The molecule has 0 saturated carbocycles. The Morgan fingerprint density at radius 3 is 2.90 bits per heavy atom. The molecule has 5 heteroatoms. The molecule has 1 heterocycles. The van der Waals surface area contributed by atoms with Crippen LogP contribution in [0.15, 0.2) is 28.8 Å². The van der Waals surface area contributed by atoms with Crippen LogP contribution in [0.4, 0.5) is 0 Å². The highest BCUT2D eigenvalue weighted by atomic mass is 16.5. The molecular weight excluding hydrogens is 254 g/mol. The number of hydrogen-bond donors (Lipinski definition) is 1. The van der Waals surface area contributed by atoms with Gasteiger partial charge < -0.3 is 15.0 Å². The predicted molar refractivity (Wildman–Crippen MR) is 77.4 cm³/mol. The summed E-state index contributed by atoms with van der Waals surface area (Å²) in [6, 6.07) is 7.70. The van der Waals surface area contributed by atoms with Gasteiger partial charge in [0.2, 0.25) is 11.7 Å². The van der Waals surface area contributed by atoms with E-state index in [0.717, 1.165) is 24.2 Å². The Morgan fingerprint density at radius 1 is 1.35 bits per heavy atom. The maximum Gasteiger partial charge on any atom is 0.226 e. The van der Waals surface area contributed by atoms with Crippen LogP contribution in [-0.2, 0) is 6.42 Å². The van der Waals surface area contributed by atoms with E-state index in [0.29, 0.717) is 30.8 Å². The van der Waals surface area contributed by atoms with E-state index < -0.39 is 0 Å². The summed E-state index contributed by atoms with van der Waals surface area (Å²) in [5, 5.41) is 4.04. The van der Waals surface area contributed by atoms with Crippen molar-refractivity contribution in [2.45, 2.75) is 26.7 Å². The fourth-order valence-electron chi connectivity index (χ4n) is 1.89. The Balaban J connectivity index is 2.12. The van der Waals surface area contributed by atoms with Crippen LogP contribution in [0.25, 0.3) is 11.4 Å². The molecule has 1 aromatic carbocycles. The molecule has 108 valence electrons. The van der Waals surface area contributed by atoms with Gasteiger partial charge in [0.1, 0.15) is 5.75 Å². The van der Waals surface area contributed by atoms with Gasteiger partial charge in [-0.2, -0.15) is 4.98 Å². The van der Waals surface area contributed by atoms with Gasteiger partial charge in [-0.25, -0.2) is 0 Å². The molecule has 1 unspecified atom stereocenters.